The predicted octanol–water partition coefficient (Wildman–Crippen LogP) is 1.72. The van der Waals surface area contributed by atoms with Crippen molar-refractivity contribution in [1.82, 2.24) is 8.75 Å². The second-order valence-electron chi connectivity index (χ2n) is 2.52. The van der Waals surface area contributed by atoms with Gasteiger partial charge in [-0.25, -0.2) is 0 Å². The number of nitrogens with one attached hydrogen (secondary N) is 1. The third-order valence-corrected chi connectivity index (χ3v) is 3.40. The largest absolute Gasteiger partial charge is 0.396 e. The van der Waals surface area contributed by atoms with Crippen LogP contribution in [0.1, 0.15) is 6.42 Å². The standard InChI is InChI=1S/C7H12ClN3OS2/c8-6-7(11-14-10-6)9-2-5-13-4-1-3-12/h12H,1-5H2,(H,9,11). The zero-order valence-electron chi connectivity index (χ0n) is 7.57. The van der Waals surface area contributed by atoms with E-state index in [1.165, 1.54) is 0 Å². The first-order valence-electron chi connectivity index (χ1n) is 4.25. The Bertz CT molecular complexity index is 259. The quantitative estimate of drug-likeness (QED) is 0.725. The Morgan fingerprint density at radius 3 is 2.93 bits per heavy atom. The van der Waals surface area contributed by atoms with E-state index in [2.05, 4.69) is 14.1 Å². The van der Waals surface area contributed by atoms with Gasteiger partial charge in [0.05, 0.1) is 11.7 Å². The van der Waals surface area contributed by atoms with Gasteiger partial charge in [-0.05, 0) is 12.2 Å². The third kappa shape index (κ3) is 4.45. The summed E-state index contributed by atoms with van der Waals surface area (Å²) in [7, 11) is 0. The average Bonchev–Trinajstić information content (AvgIpc) is 2.58. The first-order valence-corrected chi connectivity index (χ1v) is 6.51. The fourth-order valence-corrected chi connectivity index (χ4v) is 2.26. The van der Waals surface area contributed by atoms with Crippen molar-refractivity contribution in [3.8, 4) is 0 Å². The molecule has 0 unspecified atom stereocenters. The molecule has 1 aromatic rings. The highest BCUT2D eigenvalue weighted by Gasteiger charge is 2.02. The number of anilines is 1. The summed E-state index contributed by atoms with van der Waals surface area (Å²) in [5.74, 6) is 2.63. The van der Waals surface area contributed by atoms with Crippen molar-refractivity contribution in [2.24, 2.45) is 0 Å². The first-order chi connectivity index (χ1) is 6.84. The second kappa shape index (κ2) is 7.28. The summed E-state index contributed by atoms with van der Waals surface area (Å²) in [5.41, 5.74) is 0. The molecule has 1 heterocycles. The van der Waals surface area contributed by atoms with E-state index in [0.717, 1.165) is 36.2 Å². The molecule has 0 aliphatic carbocycles. The zero-order chi connectivity index (χ0) is 10.2. The molecule has 0 aliphatic heterocycles. The number of thioether (sulfide) groups is 1. The van der Waals surface area contributed by atoms with Gasteiger partial charge in [0.1, 0.15) is 0 Å². The van der Waals surface area contributed by atoms with E-state index in [1.807, 2.05) is 0 Å². The van der Waals surface area contributed by atoms with Crippen molar-refractivity contribution >= 4 is 40.9 Å². The summed E-state index contributed by atoms with van der Waals surface area (Å²) in [4.78, 5) is 0. The molecule has 0 aromatic carbocycles. The lowest BCUT2D eigenvalue weighted by atomic mass is 10.5. The van der Waals surface area contributed by atoms with Crippen LogP contribution in [0.25, 0.3) is 0 Å². The molecule has 4 nitrogen and oxygen atoms in total. The fourth-order valence-electron chi connectivity index (χ4n) is 0.793. The van der Waals surface area contributed by atoms with Crippen molar-refractivity contribution in [3.63, 3.8) is 0 Å². The second-order valence-corrected chi connectivity index (χ2v) is 4.63. The van der Waals surface area contributed by atoms with Crippen LogP contribution in [0.4, 0.5) is 5.82 Å². The molecule has 14 heavy (non-hydrogen) atoms. The third-order valence-electron chi connectivity index (χ3n) is 1.43. The van der Waals surface area contributed by atoms with Gasteiger partial charge in [0.15, 0.2) is 11.0 Å². The molecule has 1 aromatic heterocycles. The smallest absolute Gasteiger partial charge is 0.186 e. The molecule has 0 amide bonds. The highest BCUT2D eigenvalue weighted by Crippen LogP contribution is 2.17. The molecule has 1 rings (SSSR count). The van der Waals surface area contributed by atoms with Crippen LogP contribution in [0, 0.1) is 0 Å². The maximum Gasteiger partial charge on any atom is 0.186 e. The van der Waals surface area contributed by atoms with Crippen LogP contribution < -0.4 is 5.32 Å². The van der Waals surface area contributed by atoms with Gasteiger partial charge in [-0.3, -0.25) is 0 Å². The highest BCUT2D eigenvalue weighted by atomic mass is 35.5. The lowest BCUT2D eigenvalue weighted by molar-refractivity contribution is 0.296. The number of aliphatic hydroxyl groups is 1. The van der Waals surface area contributed by atoms with Gasteiger partial charge in [-0.2, -0.15) is 20.5 Å². The van der Waals surface area contributed by atoms with Crippen molar-refractivity contribution in [2.75, 3.05) is 30.0 Å². The van der Waals surface area contributed by atoms with E-state index in [-0.39, 0.29) is 6.61 Å². The number of rotatable bonds is 7. The minimum absolute atomic E-state index is 0.266. The van der Waals surface area contributed by atoms with Crippen LogP contribution in [0.2, 0.25) is 5.15 Å². The van der Waals surface area contributed by atoms with E-state index in [9.17, 15) is 0 Å². The lowest BCUT2D eigenvalue weighted by Gasteiger charge is -2.02. The monoisotopic (exact) mass is 253 g/mol. The van der Waals surface area contributed by atoms with Crippen LogP contribution in [0.15, 0.2) is 0 Å². The van der Waals surface area contributed by atoms with Crippen LogP contribution in [0.3, 0.4) is 0 Å². The Hall–Kier alpha value is -0.0400. The molecule has 0 bridgehead atoms. The highest BCUT2D eigenvalue weighted by molar-refractivity contribution is 7.99. The first kappa shape index (κ1) is 12.0. The van der Waals surface area contributed by atoms with Gasteiger partial charge in [0.2, 0.25) is 0 Å². The summed E-state index contributed by atoms with van der Waals surface area (Å²) in [5, 5.41) is 12.1. The number of aliphatic hydroxyl groups excluding tert-OH is 1. The fraction of sp³-hybridized carbons (Fsp3) is 0.714. The van der Waals surface area contributed by atoms with Crippen LogP contribution >= 0.6 is 35.1 Å². The Kier molecular flexibility index (Phi) is 6.25. The normalized spacial score (nSPS) is 10.4. The molecule has 0 saturated heterocycles. The van der Waals surface area contributed by atoms with Crippen molar-refractivity contribution in [3.05, 3.63) is 5.15 Å². The van der Waals surface area contributed by atoms with Gasteiger partial charge >= 0.3 is 0 Å². The zero-order valence-corrected chi connectivity index (χ0v) is 9.96. The molecule has 7 heteroatoms. The minimum Gasteiger partial charge on any atom is -0.396 e. The Balaban J connectivity index is 2.02. The van der Waals surface area contributed by atoms with E-state index in [1.54, 1.807) is 11.8 Å². The number of halogens is 1. The van der Waals surface area contributed by atoms with E-state index in [0.29, 0.717) is 11.0 Å². The summed E-state index contributed by atoms with van der Waals surface area (Å²) in [6.07, 6.45) is 0.851. The van der Waals surface area contributed by atoms with Crippen LogP contribution in [-0.2, 0) is 0 Å². The molecule has 0 aliphatic rings. The predicted molar refractivity (Wildman–Crippen MR) is 62.4 cm³/mol. The summed E-state index contributed by atoms with van der Waals surface area (Å²) >= 11 is 8.64. The van der Waals surface area contributed by atoms with E-state index >= 15 is 0 Å². The molecule has 0 spiro atoms. The maximum absolute atomic E-state index is 8.55. The molecule has 0 radical (unpaired) electrons. The average molecular weight is 254 g/mol. The molecule has 2 N–H and O–H groups in total. The van der Waals surface area contributed by atoms with Gasteiger partial charge in [0.25, 0.3) is 0 Å². The van der Waals surface area contributed by atoms with Gasteiger partial charge in [-0.1, -0.05) is 11.6 Å². The lowest BCUT2D eigenvalue weighted by Crippen LogP contribution is -2.05. The van der Waals surface area contributed by atoms with Crippen molar-refractivity contribution in [1.29, 1.82) is 0 Å². The Morgan fingerprint density at radius 2 is 2.29 bits per heavy atom. The number of nitrogens with zero attached hydrogens (tertiary/aromatic N) is 2. The van der Waals surface area contributed by atoms with Gasteiger partial charge in [0, 0.05) is 18.9 Å². The topological polar surface area (TPSA) is 58.0 Å². The van der Waals surface area contributed by atoms with Gasteiger partial charge < -0.3 is 10.4 Å². The molecule has 0 atom stereocenters. The SMILES string of the molecule is OCCCSCCNc1nsnc1Cl. The number of hydrogen-bond acceptors (Lipinski definition) is 6. The summed E-state index contributed by atoms with van der Waals surface area (Å²) in [6, 6.07) is 0. The summed E-state index contributed by atoms with van der Waals surface area (Å²) in [6.45, 7) is 1.09. The van der Waals surface area contributed by atoms with Crippen LogP contribution in [0.5, 0.6) is 0 Å². The number of aromatic nitrogens is 2. The van der Waals surface area contributed by atoms with Crippen molar-refractivity contribution < 1.29 is 5.11 Å². The minimum atomic E-state index is 0.266. The maximum atomic E-state index is 8.55. The molecule has 0 fully saturated rings. The summed E-state index contributed by atoms with van der Waals surface area (Å²) < 4.78 is 7.83. The van der Waals surface area contributed by atoms with Gasteiger partial charge in [-0.15, -0.1) is 0 Å². The molecule has 0 saturated carbocycles. The van der Waals surface area contributed by atoms with Crippen LogP contribution in [-0.4, -0.2) is 38.5 Å². The Morgan fingerprint density at radius 1 is 1.43 bits per heavy atom. The van der Waals surface area contributed by atoms with Crippen molar-refractivity contribution in [2.45, 2.75) is 6.42 Å². The molecular formula is C7H12ClN3OS2. The Labute approximate surface area is 96.4 Å². The van der Waals surface area contributed by atoms with E-state index in [4.69, 9.17) is 16.7 Å². The number of hydrogen-bond donors (Lipinski definition) is 2. The molecule has 80 valence electrons. The molecular weight excluding hydrogens is 242 g/mol. The van der Waals surface area contributed by atoms with E-state index < -0.39 is 0 Å².